The van der Waals surface area contributed by atoms with Crippen LogP contribution in [0, 0.1) is 24.7 Å². The van der Waals surface area contributed by atoms with Gasteiger partial charge in [0.25, 0.3) is 0 Å². The number of thiophene rings is 1. The minimum absolute atomic E-state index is 0.0706. The third-order valence-electron chi connectivity index (χ3n) is 4.23. The summed E-state index contributed by atoms with van der Waals surface area (Å²) >= 11 is 1.78. The van der Waals surface area contributed by atoms with Crippen molar-refractivity contribution in [1.29, 1.82) is 0 Å². The molecular formula is C16H26N2OS. The third kappa shape index (κ3) is 3.23. The van der Waals surface area contributed by atoms with Gasteiger partial charge in [-0.1, -0.05) is 27.7 Å². The van der Waals surface area contributed by atoms with E-state index in [1.807, 2.05) is 4.90 Å². The molecule has 0 saturated carbocycles. The summed E-state index contributed by atoms with van der Waals surface area (Å²) in [5.41, 5.74) is 0. The molecule has 1 aliphatic rings. The lowest BCUT2D eigenvalue weighted by molar-refractivity contribution is -0.129. The Labute approximate surface area is 126 Å². The Morgan fingerprint density at radius 3 is 2.45 bits per heavy atom. The monoisotopic (exact) mass is 294 g/mol. The van der Waals surface area contributed by atoms with E-state index < -0.39 is 0 Å². The van der Waals surface area contributed by atoms with E-state index in [1.54, 1.807) is 11.3 Å². The second-order valence-corrected chi connectivity index (χ2v) is 7.75. The van der Waals surface area contributed by atoms with Gasteiger partial charge in [-0.3, -0.25) is 10.1 Å². The number of nitrogens with one attached hydrogen (secondary N) is 1. The van der Waals surface area contributed by atoms with Gasteiger partial charge in [-0.05, 0) is 36.8 Å². The van der Waals surface area contributed by atoms with Crippen molar-refractivity contribution in [2.75, 3.05) is 13.1 Å². The molecule has 1 unspecified atom stereocenters. The van der Waals surface area contributed by atoms with Crippen LogP contribution in [-0.4, -0.2) is 23.9 Å². The molecule has 1 aliphatic heterocycles. The lowest BCUT2D eigenvalue weighted by Gasteiger charge is -2.32. The Morgan fingerprint density at radius 2 is 1.95 bits per heavy atom. The van der Waals surface area contributed by atoms with Gasteiger partial charge in [-0.2, -0.15) is 0 Å². The zero-order valence-electron chi connectivity index (χ0n) is 13.1. The maximum atomic E-state index is 12.2. The number of hydrogen-bond acceptors (Lipinski definition) is 3. The van der Waals surface area contributed by atoms with E-state index in [4.69, 9.17) is 0 Å². The average molecular weight is 294 g/mol. The summed E-state index contributed by atoms with van der Waals surface area (Å²) in [6.07, 6.45) is 0.0706. The van der Waals surface area contributed by atoms with Crippen LogP contribution >= 0.6 is 11.3 Å². The Bertz CT molecular complexity index is 459. The number of hydrogen-bond donors (Lipinski definition) is 1. The van der Waals surface area contributed by atoms with Crippen molar-refractivity contribution in [1.82, 2.24) is 10.2 Å². The van der Waals surface area contributed by atoms with Gasteiger partial charge in [-0.15, -0.1) is 11.3 Å². The van der Waals surface area contributed by atoms with Crippen LogP contribution in [0.15, 0.2) is 12.1 Å². The van der Waals surface area contributed by atoms with Crippen LogP contribution in [0.2, 0.25) is 0 Å². The molecule has 3 nitrogen and oxygen atoms in total. The molecule has 0 radical (unpaired) electrons. The molecular weight excluding hydrogens is 268 g/mol. The summed E-state index contributed by atoms with van der Waals surface area (Å²) in [6.45, 7) is 12.4. The maximum absolute atomic E-state index is 12.2. The lowest BCUT2D eigenvalue weighted by Crippen LogP contribution is -2.37. The van der Waals surface area contributed by atoms with Crippen LogP contribution in [0.25, 0.3) is 0 Å². The van der Waals surface area contributed by atoms with Crippen molar-refractivity contribution < 1.29 is 4.79 Å². The van der Waals surface area contributed by atoms with Crippen molar-refractivity contribution in [3.05, 3.63) is 21.9 Å². The average Bonchev–Trinajstić information content (AvgIpc) is 2.92. The summed E-state index contributed by atoms with van der Waals surface area (Å²) in [4.78, 5) is 16.8. The van der Waals surface area contributed by atoms with Crippen molar-refractivity contribution in [3.63, 3.8) is 0 Å². The van der Waals surface area contributed by atoms with Gasteiger partial charge in [-0.25, -0.2) is 0 Å². The maximum Gasteiger partial charge on any atom is 0.238 e. The highest BCUT2D eigenvalue weighted by molar-refractivity contribution is 7.12. The first-order valence-corrected chi connectivity index (χ1v) is 8.31. The van der Waals surface area contributed by atoms with Crippen LogP contribution < -0.4 is 5.32 Å². The van der Waals surface area contributed by atoms with Gasteiger partial charge in [0.2, 0.25) is 5.91 Å². The van der Waals surface area contributed by atoms with Gasteiger partial charge >= 0.3 is 0 Å². The highest BCUT2D eigenvalue weighted by Crippen LogP contribution is 2.31. The van der Waals surface area contributed by atoms with Crippen molar-refractivity contribution in [2.24, 2.45) is 17.8 Å². The zero-order valence-corrected chi connectivity index (χ0v) is 14.0. The molecule has 1 saturated heterocycles. The molecule has 2 heterocycles. The van der Waals surface area contributed by atoms with E-state index in [2.05, 4.69) is 52.1 Å². The van der Waals surface area contributed by atoms with Gasteiger partial charge in [0.05, 0.1) is 6.54 Å². The van der Waals surface area contributed by atoms with Crippen LogP contribution in [0.1, 0.15) is 43.6 Å². The second kappa shape index (κ2) is 6.27. The molecule has 1 aromatic rings. The SMILES string of the molecule is Cc1ccc(C2NCC(=O)N2CC(C(C)C)C(C)C)s1. The molecule has 0 aromatic carbocycles. The number of carbonyl (C=O) groups is 1. The molecule has 1 fully saturated rings. The minimum Gasteiger partial charge on any atom is -0.321 e. The second-order valence-electron chi connectivity index (χ2n) is 6.43. The normalized spacial score (nSPS) is 19.9. The minimum atomic E-state index is 0.0706. The first kappa shape index (κ1) is 15.5. The number of carbonyl (C=O) groups excluding carboxylic acids is 1. The van der Waals surface area contributed by atoms with E-state index in [0.29, 0.717) is 24.3 Å². The van der Waals surface area contributed by atoms with Gasteiger partial charge in [0.15, 0.2) is 0 Å². The van der Waals surface area contributed by atoms with Crippen LogP contribution in [-0.2, 0) is 4.79 Å². The zero-order chi connectivity index (χ0) is 14.9. The largest absolute Gasteiger partial charge is 0.321 e. The molecule has 0 aliphatic carbocycles. The quantitative estimate of drug-likeness (QED) is 0.902. The third-order valence-corrected chi connectivity index (χ3v) is 5.28. The summed E-state index contributed by atoms with van der Waals surface area (Å²) < 4.78 is 0. The topological polar surface area (TPSA) is 32.3 Å². The molecule has 1 atom stereocenters. The predicted octanol–water partition coefficient (Wildman–Crippen LogP) is 3.42. The van der Waals surface area contributed by atoms with Crippen molar-refractivity contribution in [3.8, 4) is 0 Å². The number of amides is 1. The molecule has 112 valence electrons. The molecule has 20 heavy (non-hydrogen) atoms. The van der Waals surface area contributed by atoms with E-state index in [1.165, 1.54) is 9.75 Å². The Kier molecular flexibility index (Phi) is 4.86. The standard InChI is InChI=1S/C16H26N2OS/c1-10(2)13(11(3)4)9-18-15(19)8-17-16(18)14-7-6-12(5)20-14/h6-7,10-11,13,16-17H,8-9H2,1-5H3. The molecule has 2 rings (SSSR count). The Morgan fingerprint density at radius 1 is 1.30 bits per heavy atom. The highest BCUT2D eigenvalue weighted by atomic mass is 32.1. The van der Waals surface area contributed by atoms with E-state index in [-0.39, 0.29) is 12.1 Å². The van der Waals surface area contributed by atoms with Crippen LogP contribution in [0.4, 0.5) is 0 Å². The molecule has 1 N–H and O–H groups in total. The van der Waals surface area contributed by atoms with E-state index >= 15 is 0 Å². The van der Waals surface area contributed by atoms with Crippen LogP contribution in [0.3, 0.4) is 0 Å². The number of rotatable bonds is 5. The van der Waals surface area contributed by atoms with Gasteiger partial charge in [0, 0.05) is 16.3 Å². The number of aryl methyl sites for hydroxylation is 1. The first-order valence-electron chi connectivity index (χ1n) is 7.49. The summed E-state index contributed by atoms with van der Waals surface area (Å²) in [5, 5.41) is 3.36. The van der Waals surface area contributed by atoms with Gasteiger partial charge in [0.1, 0.15) is 6.17 Å². The molecule has 1 amide bonds. The predicted molar refractivity (Wildman–Crippen MR) is 84.7 cm³/mol. The van der Waals surface area contributed by atoms with E-state index in [9.17, 15) is 4.79 Å². The Balaban J connectivity index is 2.16. The fraction of sp³-hybridized carbons (Fsp3) is 0.688. The molecule has 0 spiro atoms. The summed E-state index contributed by atoms with van der Waals surface area (Å²) in [6, 6.07) is 4.27. The van der Waals surface area contributed by atoms with Crippen LogP contribution in [0.5, 0.6) is 0 Å². The summed E-state index contributed by atoms with van der Waals surface area (Å²) in [5.74, 6) is 1.96. The highest BCUT2D eigenvalue weighted by Gasteiger charge is 2.35. The molecule has 4 heteroatoms. The van der Waals surface area contributed by atoms with Gasteiger partial charge < -0.3 is 4.90 Å². The van der Waals surface area contributed by atoms with Crippen molar-refractivity contribution >= 4 is 17.2 Å². The molecule has 0 bridgehead atoms. The molecule has 1 aromatic heterocycles. The fourth-order valence-electron chi connectivity index (χ4n) is 3.02. The van der Waals surface area contributed by atoms with Crippen molar-refractivity contribution in [2.45, 2.75) is 40.8 Å². The first-order chi connectivity index (χ1) is 9.40. The lowest BCUT2D eigenvalue weighted by atomic mass is 9.85. The van der Waals surface area contributed by atoms with E-state index in [0.717, 1.165) is 6.54 Å². The fourth-order valence-corrected chi connectivity index (χ4v) is 3.99. The smallest absolute Gasteiger partial charge is 0.238 e. The summed E-state index contributed by atoms with van der Waals surface area (Å²) in [7, 11) is 0. The number of nitrogens with zero attached hydrogens (tertiary/aromatic N) is 1. The Hall–Kier alpha value is -0.870.